The number of hydrogen-bond donors (Lipinski definition) is 2. The summed E-state index contributed by atoms with van der Waals surface area (Å²) in [4.78, 5) is 36.4. The lowest BCUT2D eigenvalue weighted by molar-refractivity contribution is -0.941. The van der Waals surface area contributed by atoms with Gasteiger partial charge in [-0.05, 0) is 64.7 Å². The number of quaternary nitrogens is 2. The van der Waals surface area contributed by atoms with Gasteiger partial charge in [0.05, 0.1) is 80.0 Å². The average Bonchev–Trinajstić information content (AvgIpc) is 3.20. The number of carboxylic acid groups (broad SMARTS) is 2. The van der Waals surface area contributed by atoms with Crippen molar-refractivity contribution in [2.75, 3.05) is 61.6 Å². The van der Waals surface area contributed by atoms with Crippen LogP contribution in [0.4, 0.5) is 0 Å². The summed E-state index contributed by atoms with van der Waals surface area (Å²) in [7, 11) is 9.10. The van der Waals surface area contributed by atoms with Gasteiger partial charge in [0.25, 0.3) is 0 Å². The number of carbonyl (C=O) groups is 3. The van der Waals surface area contributed by atoms with Crippen LogP contribution in [0.3, 0.4) is 0 Å². The Morgan fingerprint density at radius 1 is 0.683 bits per heavy atom. The number of fused-ring (bicyclic) bond motifs is 2. The highest BCUT2D eigenvalue weighted by molar-refractivity contribution is 5.74. The van der Waals surface area contributed by atoms with Crippen molar-refractivity contribution in [1.82, 2.24) is 0 Å². The van der Waals surface area contributed by atoms with E-state index >= 15 is 0 Å². The van der Waals surface area contributed by atoms with Crippen molar-refractivity contribution in [1.29, 1.82) is 0 Å². The second-order valence-electron chi connectivity index (χ2n) is 16.7. The molecule has 4 unspecified atom stereocenters. The lowest BCUT2D eigenvalue weighted by atomic mass is 9.84. The van der Waals surface area contributed by atoms with E-state index in [9.17, 15) is 24.6 Å². The highest BCUT2D eigenvalue weighted by atomic mass is 16.6. The van der Waals surface area contributed by atoms with Gasteiger partial charge in [-0.25, -0.2) is 0 Å². The third kappa shape index (κ3) is 8.73. The molecule has 13 nitrogen and oxygen atoms in total. The molecule has 4 heterocycles. The second-order valence-corrected chi connectivity index (χ2v) is 16.7. The third-order valence-corrected chi connectivity index (χ3v) is 12.8. The van der Waals surface area contributed by atoms with E-state index in [1.165, 1.54) is 14.0 Å². The Bertz CT molecular complexity index is 2270. The number of hydrogen-bond acceptors (Lipinski definition) is 9. The van der Waals surface area contributed by atoms with Crippen LogP contribution in [-0.2, 0) is 40.1 Å². The Morgan fingerprint density at radius 2 is 1.25 bits per heavy atom. The van der Waals surface area contributed by atoms with Crippen LogP contribution in [0.1, 0.15) is 78.1 Å². The van der Waals surface area contributed by atoms with Crippen LogP contribution in [0.25, 0.3) is 0 Å². The number of carbonyl (C=O) groups excluding carboxylic acids is 1. The predicted molar refractivity (Wildman–Crippen MR) is 223 cm³/mol. The van der Waals surface area contributed by atoms with Gasteiger partial charge >= 0.3 is 17.9 Å². The fraction of sp³-hybridized carbons (Fsp3) is 0.426. The first-order chi connectivity index (χ1) is 28.7. The van der Waals surface area contributed by atoms with Gasteiger partial charge in [-0.2, -0.15) is 0 Å². The largest absolute Gasteiger partial charge is 0.493 e. The number of carboxylic acids is 2. The first-order valence-corrected chi connectivity index (χ1v) is 20.6. The number of rotatable bonds is 12. The molecule has 0 radical (unpaired) electrons. The van der Waals surface area contributed by atoms with Crippen LogP contribution >= 0.6 is 0 Å². The Kier molecular flexibility index (Phi) is 12.3. The summed E-state index contributed by atoms with van der Waals surface area (Å²) in [6, 6.07) is 19.6. The van der Waals surface area contributed by atoms with Gasteiger partial charge in [-0.1, -0.05) is 18.2 Å². The molecular formula is C47H56N2O11+2. The Morgan fingerprint density at radius 3 is 1.87 bits per heavy atom. The van der Waals surface area contributed by atoms with Gasteiger partial charge in [-0.3, -0.25) is 14.4 Å². The molecule has 6 bridgehead atoms. The zero-order valence-corrected chi connectivity index (χ0v) is 35.4. The Labute approximate surface area is 351 Å². The van der Waals surface area contributed by atoms with Crippen molar-refractivity contribution in [2.24, 2.45) is 0 Å². The van der Waals surface area contributed by atoms with Crippen LogP contribution in [0.15, 0.2) is 60.7 Å². The van der Waals surface area contributed by atoms with Crippen LogP contribution < -0.4 is 28.4 Å². The molecule has 0 aromatic heterocycles. The number of likely N-dealkylation sites (N-methyl/N-ethyl adjacent to an activating group) is 2. The molecule has 8 rings (SSSR count). The van der Waals surface area contributed by atoms with E-state index in [1.807, 2.05) is 48.5 Å². The van der Waals surface area contributed by atoms with Crippen LogP contribution in [0, 0.1) is 0 Å². The van der Waals surface area contributed by atoms with Gasteiger partial charge in [0, 0.05) is 51.0 Å². The number of benzene rings is 4. The molecule has 318 valence electrons. The molecule has 0 saturated carbocycles. The molecule has 0 spiro atoms. The van der Waals surface area contributed by atoms with E-state index in [-0.39, 0.29) is 30.7 Å². The molecule has 4 aromatic carbocycles. The summed E-state index contributed by atoms with van der Waals surface area (Å²) in [5.41, 5.74) is 6.02. The molecule has 0 fully saturated rings. The monoisotopic (exact) mass is 824 g/mol. The number of nitrogens with zero attached hydrogens (tertiary/aromatic N) is 2. The van der Waals surface area contributed by atoms with Gasteiger partial charge in [0.1, 0.15) is 17.8 Å². The predicted octanol–water partition coefficient (Wildman–Crippen LogP) is 7.84. The van der Waals surface area contributed by atoms with Crippen molar-refractivity contribution in [2.45, 2.75) is 70.4 Å². The van der Waals surface area contributed by atoms with E-state index in [1.54, 1.807) is 14.2 Å². The van der Waals surface area contributed by atoms with Crippen LogP contribution in [0.5, 0.6) is 46.0 Å². The van der Waals surface area contributed by atoms with Gasteiger partial charge < -0.3 is 47.6 Å². The zero-order valence-electron chi connectivity index (χ0n) is 35.4. The number of ether oxygens (including phenoxy) is 6. The van der Waals surface area contributed by atoms with Gasteiger partial charge in [-0.15, -0.1) is 0 Å². The fourth-order valence-corrected chi connectivity index (χ4v) is 9.52. The maximum absolute atomic E-state index is 12.9. The molecule has 2 N–H and O–H groups in total. The summed E-state index contributed by atoms with van der Waals surface area (Å²) in [5.74, 6) is 1.32. The summed E-state index contributed by atoms with van der Waals surface area (Å²) in [6.45, 7) is 4.09. The van der Waals surface area contributed by atoms with Crippen molar-refractivity contribution >= 4 is 17.9 Å². The molecule has 4 aromatic rings. The van der Waals surface area contributed by atoms with Gasteiger partial charge in [0.2, 0.25) is 5.75 Å². The molecule has 0 amide bonds. The second kappa shape index (κ2) is 17.4. The van der Waals surface area contributed by atoms with E-state index in [4.69, 9.17) is 28.4 Å². The standard InChI is InChI=1S/C47H54N2O11/c1-29(50)58-46-42(57-6)27-33-18-22-49(3,20-8-10-44(53)54)37-24-31-13-16-38(55-4)40(25-31)59-34-14-11-30(12-15-34)23-36-35-28-41(60-47(46)45(33)37)39(56-5)26-32(35)17-21-48(36,2)19-7-9-43(51)52/h11-16,25-28,36-37H,7-10,17-24H2,1-6H3/p+2. The Hall–Kier alpha value is -5.79. The summed E-state index contributed by atoms with van der Waals surface area (Å²) in [6.07, 6.45) is 3.62. The average molecular weight is 825 g/mol. The minimum absolute atomic E-state index is 0.0264. The smallest absolute Gasteiger partial charge is 0.308 e. The normalized spacial score (nSPS) is 21.6. The molecule has 0 saturated heterocycles. The summed E-state index contributed by atoms with van der Waals surface area (Å²) >= 11 is 0. The number of aliphatic carboxylic acids is 2. The molecule has 13 heteroatoms. The fourth-order valence-electron chi connectivity index (χ4n) is 9.52. The zero-order chi connectivity index (χ0) is 42.8. The lowest BCUT2D eigenvalue weighted by Gasteiger charge is -2.47. The van der Waals surface area contributed by atoms with Crippen molar-refractivity contribution in [3.8, 4) is 46.0 Å². The Balaban J connectivity index is 1.50. The summed E-state index contributed by atoms with van der Waals surface area (Å²) < 4.78 is 38.6. The van der Waals surface area contributed by atoms with Crippen LogP contribution in [0.2, 0.25) is 0 Å². The van der Waals surface area contributed by atoms with E-state index in [0.717, 1.165) is 46.3 Å². The maximum atomic E-state index is 12.9. The first-order valence-electron chi connectivity index (χ1n) is 20.6. The highest BCUT2D eigenvalue weighted by Crippen LogP contribution is 2.54. The van der Waals surface area contributed by atoms with Gasteiger partial charge in [0.15, 0.2) is 34.5 Å². The first kappa shape index (κ1) is 42.3. The van der Waals surface area contributed by atoms with E-state index < -0.39 is 17.9 Å². The topological polar surface area (TPSA) is 147 Å². The number of esters is 1. The molecule has 60 heavy (non-hydrogen) atoms. The SMILES string of the molecule is COc1ccc2cc1Oc1ccc(cc1)CC1c3cc(c(OC)cc3CC[N+]1(C)CCCC(=O)O)Oc1c(OC(C)=O)c(OC)cc3c1C(C2)[N+](C)(CCCC(=O)O)CC3. The molecular weight excluding hydrogens is 769 g/mol. The molecule has 4 aliphatic heterocycles. The van der Waals surface area contributed by atoms with Crippen LogP contribution in [-0.4, -0.2) is 98.7 Å². The van der Waals surface area contributed by atoms with E-state index in [2.05, 4.69) is 26.2 Å². The molecule has 4 aliphatic rings. The van der Waals surface area contributed by atoms with Crippen molar-refractivity contribution in [3.63, 3.8) is 0 Å². The van der Waals surface area contributed by atoms with Crippen molar-refractivity contribution < 1.29 is 62.0 Å². The molecule has 0 aliphatic carbocycles. The molecule has 4 atom stereocenters. The minimum atomic E-state index is -0.853. The maximum Gasteiger partial charge on any atom is 0.308 e. The quantitative estimate of drug-likeness (QED) is 0.0819. The van der Waals surface area contributed by atoms with E-state index in [0.29, 0.717) is 101 Å². The minimum Gasteiger partial charge on any atom is -0.493 e. The summed E-state index contributed by atoms with van der Waals surface area (Å²) in [5, 5.41) is 19.3. The lowest BCUT2D eigenvalue weighted by Crippen LogP contribution is -2.52. The van der Waals surface area contributed by atoms with Crippen molar-refractivity contribution in [3.05, 3.63) is 94.0 Å². The highest BCUT2D eigenvalue weighted by Gasteiger charge is 2.45. The third-order valence-electron chi connectivity index (χ3n) is 12.8. The number of methoxy groups -OCH3 is 3.